The van der Waals surface area contributed by atoms with E-state index in [4.69, 9.17) is 9.16 Å². The standard InChI is InChI=1S/C10H15IO2Si/c1-14(2)13-7-6-12-10-5-3-4-9(11)8-10/h3-5,8,14H,6-7H2,1-2H3. The van der Waals surface area contributed by atoms with Gasteiger partial charge in [0, 0.05) is 3.57 Å². The minimum atomic E-state index is -0.887. The van der Waals surface area contributed by atoms with Crippen LogP contribution in [-0.2, 0) is 4.43 Å². The van der Waals surface area contributed by atoms with Crippen LogP contribution in [0.2, 0.25) is 13.1 Å². The van der Waals surface area contributed by atoms with Crippen molar-refractivity contribution in [3.8, 4) is 5.75 Å². The van der Waals surface area contributed by atoms with Gasteiger partial charge in [0.05, 0.1) is 6.61 Å². The number of halogens is 1. The van der Waals surface area contributed by atoms with Crippen LogP contribution in [0, 0.1) is 3.57 Å². The molecule has 2 nitrogen and oxygen atoms in total. The zero-order valence-electron chi connectivity index (χ0n) is 8.50. The minimum Gasteiger partial charge on any atom is -0.491 e. The second-order valence-corrected chi connectivity index (χ2v) is 6.90. The lowest BCUT2D eigenvalue weighted by molar-refractivity contribution is 0.219. The molecular formula is C10H15IO2Si. The summed E-state index contributed by atoms with van der Waals surface area (Å²) in [6, 6.07) is 8.03. The molecular weight excluding hydrogens is 307 g/mol. The lowest BCUT2D eigenvalue weighted by Gasteiger charge is -2.08. The molecule has 4 heteroatoms. The van der Waals surface area contributed by atoms with Gasteiger partial charge in [-0.15, -0.1) is 0 Å². The molecule has 0 bridgehead atoms. The number of hydrogen-bond acceptors (Lipinski definition) is 2. The lowest BCUT2D eigenvalue weighted by atomic mass is 10.3. The fourth-order valence-electron chi connectivity index (χ4n) is 1.00. The molecule has 1 rings (SSSR count). The Balaban J connectivity index is 2.25. The van der Waals surface area contributed by atoms with Crippen molar-refractivity contribution in [2.24, 2.45) is 0 Å². The largest absolute Gasteiger partial charge is 0.491 e. The van der Waals surface area contributed by atoms with E-state index < -0.39 is 9.04 Å². The topological polar surface area (TPSA) is 18.5 Å². The van der Waals surface area contributed by atoms with Crippen LogP contribution in [0.1, 0.15) is 0 Å². The van der Waals surface area contributed by atoms with Gasteiger partial charge < -0.3 is 9.16 Å². The van der Waals surface area contributed by atoms with Crippen LogP contribution >= 0.6 is 22.6 Å². The van der Waals surface area contributed by atoms with Crippen LogP contribution in [-0.4, -0.2) is 22.3 Å². The Morgan fingerprint density at radius 3 is 2.71 bits per heavy atom. The molecule has 0 spiro atoms. The maximum Gasteiger partial charge on any atom is 0.171 e. The molecule has 0 aliphatic heterocycles. The van der Waals surface area contributed by atoms with Gasteiger partial charge >= 0.3 is 0 Å². The molecule has 0 atom stereocenters. The number of hydrogen-bond donors (Lipinski definition) is 0. The average Bonchev–Trinajstić information content (AvgIpc) is 2.12. The predicted molar refractivity (Wildman–Crippen MR) is 69.5 cm³/mol. The molecule has 0 saturated carbocycles. The monoisotopic (exact) mass is 322 g/mol. The summed E-state index contributed by atoms with van der Waals surface area (Å²) in [5.74, 6) is 0.922. The molecule has 0 aliphatic rings. The number of rotatable bonds is 5. The number of ether oxygens (including phenoxy) is 1. The lowest BCUT2D eigenvalue weighted by Crippen LogP contribution is -2.14. The molecule has 0 saturated heterocycles. The van der Waals surface area contributed by atoms with E-state index in [9.17, 15) is 0 Å². The van der Waals surface area contributed by atoms with Crippen molar-refractivity contribution in [3.63, 3.8) is 0 Å². The summed E-state index contributed by atoms with van der Waals surface area (Å²) < 4.78 is 12.2. The summed E-state index contributed by atoms with van der Waals surface area (Å²) >= 11 is 2.27. The summed E-state index contributed by atoms with van der Waals surface area (Å²) in [6.07, 6.45) is 0. The third kappa shape index (κ3) is 4.97. The third-order valence-electron chi connectivity index (χ3n) is 1.60. The first kappa shape index (κ1) is 12.0. The van der Waals surface area contributed by atoms with Gasteiger partial charge in [-0.05, 0) is 53.9 Å². The van der Waals surface area contributed by atoms with Crippen LogP contribution in [0.25, 0.3) is 0 Å². The molecule has 0 amide bonds. The maximum atomic E-state index is 5.53. The normalized spacial score (nSPS) is 10.6. The second kappa shape index (κ2) is 6.42. The summed E-state index contributed by atoms with van der Waals surface area (Å²) in [5, 5.41) is 0. The van der Waals surface area contributed by atoms with Gasteiger partial charge in [-0.3, -0.25) is 0 Å². The van der Waals surface area contributed by atoms with Gasteiger partial charge in [-0.2, -0.15) is 0 Å². The highest BCUT2D eigenvalue weighted by Crippen LogP contribution is 2.14. The van der Waals surface area contributed by atoms with Crippen LogP contribution in [0.3, 0.4) is 0 Å². The molecule has 0 radical (unpaired) electrons. The van der Waals surface area contributed by atoms with Crippen LogP contribution in [0.15, 0.2) is 24.3 Å². The molecule has 1 aromatic rings. The smallest absolute Gasteiger partial charge is 0.171 e. The first-order valence-corrected chi connectivity index (χ1v) is 8.54. The Morgan fingerprint density at radius 2 is 2.07 bits per heavy atom. The summed E-state index contributed by atoms with van der Waals surface area (Å²) in [7, 11) is -0.887. The molecule has 0 aromatic heterocycles. The molecule has 0 heterocycles. The van der Waals surface area contributed by atoms with E-state index in [1.807, 2.05) is 24.3 Å². The van der Waals surface area contributed by atoms with Gasteiger partial charge in [-0.25, -0.2) is 0 Å². The Bertz CT molecular complexity index is 279. The molecule has 0 N–H and O–H groups in total. The van der Waals surface area contributed by atoms with Crippen LogP contribution in [0.4, 0.5) is 0 Å². The Kier molecular flexibility index (Phi) is 5.50. The van der Waals surface area contributed by atoms with E-state index in [0.29, 0.717) is 13.2 Å². The zero-order valence-corrected chi connectivity index (χ0v) is 11.8. The quantitative estimate of drug-likeness (QED) is 0.471. The first-order valence-electron chi connectivity index (χ1n) is 4.68. The van der Waals surface area contributed by atoms with Gasteiger partial charge in [0.15, 0.2) is 9.04 Å². The Labute approximate surface area is 100 Å². The van der Waals surface area contributed by atoms with E-state index in [-0.39, 0.29) is 0 Å². The summed E-state index contributed by atoms with van der Waals surface area (Å²) in [6.45, 7) is 5.66. The zero-order chi connectivity index (χ0) is 10.4. The summed E-state index contributed by atoms with van der Waals surface area (Å²) in [4.78, 5) is 0. The molecule has 78 valence electrons. The third-order valence-corrected chi connectivity index (χ3v) is 3.17. The van der Waals surface area contributed by atoms with Crippen molar-refractivity contribution in [1.82, 2.24) is 0 Å². The van der Waals surface area contributed by atoms with Crippen molar-refractivity contribution < 1.29 is 9.16 Å². The molecule has 1 aromatic carbocycles. The molecule has 0 unspecified atom stereocenters. The first-order chi connectivity index (χ1) is 6.68. The van der Waals surface area contributed by atoms with Crippen molar-refractivity contribution in [1.29, 1.82) is 0 Å². The minimum absolute atomic E-state index is 0.644. The van der Waals surface area contributed by atoms with Crippen LogP contribution in [0.5, 0.6) is 5.75 Å². The molecule has 0 aliphatic carbocycles. The fraction of sp³-hybridized carbons (Fsp3) is 0.400. The van der Waals surface area contributed by atoms with Crippen LogP contribution < -0.4 is 4.74 Å². The van der Waals surface area contributed by atoms with E-state index in [1.165, 1.54) is 3.57 Å². The van der Waals surface area contributed by atoms with E-state index in [1.54, 1.807) is 0 Å². The van der Waals surface area contributed by atoms with Gasteiger partial charge in [0.2, 0.25) is 0 Å². The number of benzene rings is 1. The van der Waals surface area contributed by atoms with Gasteiger partial charge in [0.1, 0.15) is 12.4 Å². The summed E-state index contributed by atoms with van der Waals surface area (Å²) in [5.41, 5.74) is 0. The SMILES string of the molecule is C[SiH](C)OCCOc1cccc(I)c1. The fourth-order valence-corrected chi connectivity index (χ4v) is 2.08. The highest BCUT2D eigenvalue weighted by atomic mass is 127. The van der Waals surface area contributed by atoms with E-state index in [2.05, 4.69) is 35.7 Å². The van der Waals surface area contributed by atoms with Crippen molar-refractivity contribution in [3.05, 3.63) is 27.8 Å². The average molecular weight is 322 g/mol. The highest BCUT2D eigenvalue weighted by molar-refractivity contribution is 14.1. The molecule has 0 fully saturated rings. The Hall–Kier alpha value is -0.0731. The Morgan fingerprint density at radius 1 is 1.29 bits per heavy atom. The van der Waals surface area contributed by atoms with Gasteiger partial charge in [0.25, 0.3) is 0 Å². The van der Waals surface area contributed by atoms with Crippen molar-refractivity contribution >= 4 is 31.6 Å². The van der Waals surface area contributed by atoms with E-state index >= 15 is 0 Å². The van der Waals surface area contributed by atoms with Gasteiger partial charge in [-0.1, -0.05) is 6.07 Å². The maximum absolute atomic E-state index is 5.53. The second-order valence-electron chi connectivity index (χ2n) is 3.23. The predicted octanol–water partition coefficient (Wildman–Crippen LogP) is 2.67. The van der Waals surface area contributed by atoms with Crippen molar-refractivity contribution in [2.75, 3.05) is 13.2 Å². The molecule has 14 heavy (non-hydrogen) atoms. The van der Waals surface area contributed by atoms with E-state index in [0.717, 1.165) is 5.75 Å². The highest BCUT2D eigenvalue weighted by Gasteiger charge is 1.96. The van der Waals surface area contributed by atoms with Crippen molar-refractivity contribution in [2.45, 2.75) is 13.1 Å².